The largest absolute Gasteiger partial charge is 0.480 e. The Labute approximate surface area is 110 Å². The molecule has 1 heterocycles. The maximum Gasteiger partial charge on any atom is 0.326 e. The SMILES string of the molecule is NCC1(C(=O)N[C@@H](Cc2c[nH]cn2)C(=O)O)CCC1. The smallest absolute Gasteiger partial charge is 0.326 e. The summed E-state index contributed by atoms with van der Waals surface area (Å²) in [6, 6.07) is -0.972. The molecule has 0 bridgehead atoms. The molecule has 0 saturated heterocycles. The standard InChI is InChI=1S/C12H18N4O3/c13-6-12(2-1-3-12)11(19)16-9(10(17)18)4-8-5-14-7-15-8/h5,7,9H,1-4,6,13H2,(H,14,15)(H,16,19)(H,17,18)/t9-/m0/s1. The van der Waals surface area contributed by atoms with E-state index in [-0.39, 0.29) is 18.9 Å². The molecule has 104 valence electrons. The van der Waals surface area contributed by atoms with E-state index in [0.717, 1.165) is 19.3 Å². The van der Waals surface area contributed by atoms with Gasteiger partial charge in [0.25, 0.3) is 0 Å². The Bertz CT molecular complexity index is 448. The van der Waals surface area contributed by atoms with Gasteiger partial charge in [-0.15, -0.1) is 0 Å². The Morgan fingerprint density at radius 2 is 2.32 bits per heavy atom. The zero-order valence-corrected chi connectivity index (χ0v) is 10.6. The number of hydrogen-bond acceptors (Lipinski definition) is 4. The van der Waals surface area contributed by atoms with Gasteiger partial charge in [0.2, 0.25) is 5.91 Å². The van der Waals surface area contributed by atoms with Crippen LogP contribution in [0.25, 0.3) is 0 Å². The molecule has 7 heteroatoms. The first kappa shape index (κ1) is 13.5. The number of nitrogens with zero attached hydrogens (tertiary/aromatic N) is 1. The molecular weight excluding hydrogens is 248 g/mol. The number of nitrogens with two attached hydrogens (primary N) is 1. The molecule has 1 aliphatic carbocycles. The molecule has 1 atom stereocenters. The van der Waals surface area contributed by atoms with Gasteiger partial charge in [0.15, 0.2) is 0 Å². The van der Waals surface area contributed by atoms with Crippen LogP contribution in [0.2, 0.25) is 0 Å². The number of carbonyl (C=O) groups excluding carboxylic acids is 1. The summed E-state index contributed by atoms with van der Waals surface area (Å²) >= 11 is 0. The average Bonchev–Trinajstić information content (AvgIpc) is 2.80. The number of amides is 1. The highest BCUT2D eigenvalue weighted by atomic mass is 16.4. The lowest BCUT2D eigenvalue weighted by atomic mass is 9.68. The molecule has 1 amide bonds. The van der Waals surface area contributed by atoms with E-state index in [9.17, 15) is 9.59 Å². The van der Waals surface area contributed by atoms with Crippen molar-refractivity contribution in [1.82, 2.24) is 15.3 Å². The summed E-state index contributed by atoms with van der Waals surface area (Å²) in [4.78, 5) is 30.1. The highest BCUT2D eigenvalue weighted by Crippen LogP contribution is 2.40. The van der Waals surface area contributed by atoms with Gasteiger partial charge in [0, 0.05) is 19.2 Å². The van der Waals surface area contributed by atoms with Crippen LogP contribution >= 0.6 is 0 Å². The third kappa shape index (κ3) is 2.76. The summed E-state index contributed by atoms with van der Waals surface area (Å²) in [6.45, 7) is 0.258. The minimum absolute atomic E-state index is 0.158. The number of H-pyrrole nitrogens is 1. The van der Waals surface area contributed by atoms with Crippen molar-refractivity contribution in [3.8, 4) is 0 Å². The van der Waals surface area contributed by atoms with Crippen molar-refractivity contribution in [3.05, 3.63) is 18.2 Å². The number of hydrogen-bond donors (Lipinski definition) is 4. The molecule has 1 aromatic rings. The zero-order valence-electron chi connectivity index (χ0n) is 10.6. The van der Waals surface area contributed by atoms with E-state index < -0.39 is 17.4 Å². The van der Waals surface area contributed by atoms with E-state index in [1.165, 1.54) is 6.33 Å². The Morgan fingerprint density at radius 1 is 1.58 bits per heavy atom. The topological polar surface area (TPSA) is 121 Å². The lowest BCUT2D eigenvalue weighted by Gasteiger charge is -2.39. The third-order valence-electron chi connectivity index (χ3n) is 3.75. The number of aliphatic carboxylic acids is 1. The van der Waals surface area contributed by atoms with Gasteiger partial charge in [-0.25, -0.2) is 9.78 Å². The Balaban J connectivity index is 2.00. The van der Waals surface area contributed by atoms with Crippen LogP contribution in [0, 0.1) is 5.41 Å². The van der Waals surface area contributed by atoms with Gasteiger partial charge in [-0.2, -0.15) is 0 Å². The summed E-state index contributed by atoms with van der Waals surface area (Å²) in [6.07, 6.45) is 5.66. The summed E-state index contributed by atoms with van der Waals surface area (Å²) < 4.78 is 0. The van der Waals surface area contributed by atoms with Gasteiger partial charge in [-0.1, -0.05) is 6.42 Å². The maximum absolute atomic E-state index is 12.1. The van der Waals surface area contributed by atoms with Crippen molar-refractivity contribution in [2.45, 2.75) is 31.7 Å². The van der Waals surface area contributed by atoms with Gasteiger partial charge in [0.05, 0.1) is 17.4 Å². The van der Waals surface area contributed by atoms with Crippen LogP contribution in [0.4, 0.5) is 0 Å². The number of imidazole rings is 1. The summed E-state index contributed by atoms with van der Waals surface area (Å²) in [5.41, 5.74) is 5.66. The second-order valence-corrected chi connectivity index (χ2v) is 4.97. The monoisotopic (exact) mass is 266 g/mol. The van der Waals surface area contributed by atoms with E-state index in [4.69, 9.17) is 10.8 Å². The van der Waals surface area contributed by atoms with Crippen molar-refractivity contribution >= 4 is 11.9 Å². The predicted octanol–water partition coefficient (Wildman–Crippen LogP) is -0.349. The number of aromatic nitrogens is 2. The first-order valence-corrected chi connectivity index (χ1v) is 6.29. The maximum atomic E-state index is 12.1. The molecule has 7 nitrogen and oxygen atoms in total. The normalized spacial score (nSPS) is 18.4. The quantitative estimate of drug-likeness (QED) is 0.561. The molecule has 5 N–H and O–H groups in total. The molecule has 0 aromatic carbocycles. The van der Waals surface area contributed by atoms with Crippen LogP contribution in [0.15, 0.2) is 12.5 Å². The molecule has 2 rings (SSSR count). The van der Waals surface area contributed by atoms with Gasteiger partial charge < -0.3 is 21.1 Å². The Morgan fingerprint density at radius 3 is 2.74 bits per heavy atom. The van der Waals surface area contributed by atoms with E-state index in [1.807, 2.05) is 0 Å². The predicted molar refractivity (Wildman–Crippen MR) is 67.2 cm³/mol. The van der Waals surface area contributed by atoms with Gasteiger partial charge in [-0.05, 0) is 12.8 Å². The van der Waals surface area contributed by atoms with E-state index in [2.05, 4.69) is 15.3 Å². The highest BCUT2D eigenvalue weighted by Gasteiger charge is 2.44. The molecule has 0 aliphatic heterocycles. The zero-order chi connectivity index (χ0) is 13.9. The minimum Gasteiger partial charge on any atom is -0.480 e. The fourth-order valence-electron chi connectivity index (χ4n) is 2.25. The van der Waals surface area contributed by atoms with Crippen LogP contribution in [-0.4, -0.2) is 39.5 Å². The Kier molecular flexibility index (Phi) is 3.84. The van der Waals surface area contributed by atoms with Gasteiger partial charge in [-0.3, -0.25) is 4.79 Å². The number of rotatable bonds is 6. The van der Waals surface area contributed by atoms with Crippen LogP contribution in [0.3, 0.4) is 0 Å². The van der Waals surface area contributed by atoms with Gasteiger partial charge >= 0.3 is 5.97 Å². The average molecular weight is 266 g/mol. The van der Waals surface area contributed by atoms with E-state index in [0.29, 0.717) is 5.69 Å². The van der Waals surface area contributed by atoms with Crippen LogP contribution in [0.1, 0.15) is 25.0 Å². The van der Waals surface area contributed by atoms with Crippen molar-refractivity contribution in [3.63, 3.8) is 0 Å². The minimum atomic E-state index is -1.07. The first-order chi connectivity index (χ1) is 9.07. The lowest BCUT2D eigenvalue weighted by Crippen LogP contribution is -2.54. The first-order valence-electron chi connectivity index (χ1n) is 6.29. The molecule has 0 spiro atoms. The number of carboxylic acids is 1. The summed E-state index contributed by atoms with van der Waals surface area (Å²) in [5, 5.41) is 11.7. The Hall–Kier alpha value is -1.89. The molecular formula is C12H18N4O3. The van der Waals surface area contributed by atoms with Crippen molar-refractivity contribution in [2.24, 2.45) is 11.1 Å². The second-order valence-electron chi connectivity index (χ2n) is 4.97. The van der Waals surface area contributed by atoms with Crippen molar-refractivity contribution < 1.29 is 14.7 Å². The molecule has 0 radical (unpaired) electrons. The summed E-state index contributed by atoms with van der Waals surface area (Å²) in [5.74, 6) is -1.33. The van der Waals surface area contributed by atoms with Crippen molar-refractivity contribution in [1.29, 1.82) is 0 Å². The lowest BCUT2D eigenvalue weighted by molar-refractivity contribution is -0.145. The van der Waals surface area contributed by atoms with Crippen LogP contribution < -0.4 is 11.1 Å². The van der Waals surface area contributed by atoms with Crippen LogP contribution in [-0.2, 0) is 16.0 Å². The fourth-order valence-corrected chi connectivity index (χ4v) is 2.25. The van der Waals surface area contributed by atoms with E-state index in [1.54, 1.807) is 6.20 Å². The number of carbonyl (C=O) groups is 2. The van der Waals surface area contributed by atoms with Crippen molar-refractivity contribution in [2.75, 3.05) is 6.54 Å². The molecule has 0 unspecified atom stereocenters. The summed E-state index contributed by atoms with van der Waals surface area (Å²) in [7, 11) is 0. The third-order valence-corrected chi connectivity index (χ3v) is 3.75. The second kappa shape index (κ2) is 5.40. The number of nitrogens with one attached hydrogen (secondary N) is 2. The highest BCUT2D eigenvalue weighted by molar-refractivity contribution is 5.88. The molecule has 1 aromatic heterocycles. The number of carboxylic acid groups (broad SMARTS) is 1. The molecule has 1 fully saturated rings. The van der Waals surface area contributed by atoms with Crippen LogP contribution in [0.5, 0.6) is 0 Å². The molecule has 1 aliphatic rings. The number of aromatic amines is 1. The fraction of sp³-hybridized carbons (Fsp3) is 0.583. The molecule has 1 saturated carbocycles. The van der Waals surface area contributed by atoms with Gasteiger partial charge in [0.1, 0.15) is 6.04 Å². The molecule has 19 heavy (non-hydrogen) atoms. The van der Waals surface area contributed by atoms with E-state index >= 15 is 0 Å².